The number of carboxylic acid groups (broad SMARTS) is 1. The molecule has 0 saturated heterocycles. The van der Waals surface area contributed by atoms with Crippen molar-refractivity contribution in [2.75, 3.05) is 19.6 Å². The number of aliphatic carboxylic acids is 1. The van der Waals surface area contributed by atoms with Gasteiger partial charge >= 0.3 is 12.0 Å². The molecule has 1 rings (SSSR count). The second kappa shape index (κ2) is 5.69. The zero-order valence-corrected chi connectivity index (χ0v) is 9.29. The smallest absolute Gasteiger partial charge is 0.314 e. The highest BCUT2D eigenvalue weighted by atomic mass is 16.4. The number of urea groups is 1. The Balaban J connectivity index is 2.28. The molecule has 6 nitrogen and oxygen atoms in total. The molecule has 6 heteroatoms. The van der Waals surface area contributed by atoms with Crippen molar-refractivity contribution in [3.63, 3.8) is 0 Å². The molecule has 1 aliphatic rings. The van der Waals surface area contributed by atoms with Gasteiger partial charge in [-0.15, -0.1) is 0 Å². The second-order valence-corrected chi connectivity index (χ2v) is 4.32. The summed E-state index contributed by atoms with van der Waals surface area (Å²) in [6, 6.07) is -0.276. The van der Waals surface area contributed by atoms with Crippen LogP contribution in [0.15, 0.2) is 0 Å². The molecular formula is C10H19N3O3. The molecule has 1 fully saturated rings. The fraction of sp³-hybridized carbons (Fsp3) is 0.800. The first kappa shape index (κ1) is 12.8. The number of nitrogens with two attached hydrogens (primary N) is 1. The lowest BCUT2D eigenvalue weighted by Gasteiger charge is -2.40. The highest BCUT2D eigenvalue weighted by Crippen LogP contribution is 2.43. The Kier molecular flexibility index (Phi) is 4.54. The van der Waals surface area contributed by atoms with E-state index in [1.165, 1.54) is 0 Å². The Morgan fingerprint density at radius 1 is 1.31 bits per heavy atom. The van der Waals surface area contributed by atoms with Crippen LogP contribution in [0.25, 0.3) is 0 Å². The second-order valence-electron chi connectivity index (χ2n) is 4.32. The molecule has 92 valence electrons. The standard InChI is InChI=1S/C10H19N3O3/c11-4-5-12-9(16)13-7-10(2-1-3-10)6-8(14)15/h1-7,11H2,(H,14,15)(H2,12,13,16). The van der Waals surface area contributed by atoms with Gasteiger partial charge in [-0.1, -0.05) is 6.42 Å². The molecular weight excluding hydrogens is 210 g/mol. The monoisotopic (exact) mass is 229 g/mol. The Morgan fingerprint density at radius 3 is 2.44 bits per heavy atom. The van der Waals surface area contributed by atoms with Gasteiger partial charge < -0.3 is 21.5 Å². The fourth-order valence-electron chi connectivity index (χ4n) is 1.93. The van der Waals surface area contributed by atoms with E-state index in [2.05, 4.69) is 10.6 Å². The first-order chi connectivity index (χ1) is 7.58. The van der Waals surface area contributed by atoms with E-state index in [4.69, 9.17) is 10.8 Å². The molecule has 0 spiro atoms. The maximum atomic E-state index is 11.2. The summed E-state index contributed by atoms with van der Waals surface area (Å²) >= 11 is 0. The summed E-state index contributed by atoms with van der Waals surface area (Å²) in [6.07, 6.45) is 2.91. The number of hydrogen-bond donors (Lipinski definition) is 4. The van der Waals surface area contributed by atoms with Gasteiger partial charge in [-0.25, -0.2) is 4.79 Å². The van der Waals surface area contributed by atoms with Crippen LogP contribution >= 0.6 is 0 Å². The third kappa shape index (κ3) is 3.69. The van der Waals surface area contributed by atoms with E-state index in [1.54, 1.807) is 0 Å². The van der Waals surface area contributed by atoms with E-state index in [0.29, 0.717) is 19.6 Å². The lowest BCUT2D eigenvalue weighted by Crippen LogP contribution is -2.47. The fourth-order valence-corrected chi connectivity index (χ4v) is 1.93. The van der Waals surface area contributed by atoms with Crippen molar-refractivity contribution in [1.82, 2.24) is 10.6 Å². The first-order valence-electron chi connectivity index (χ1n) is 5.51. The molecule has 1 aliphatic carbocycles. The van der Waals surface area contributed by atoms with Crippen LogP contribution in [0, 0.1) is 5.41 Å². The quantitative estimate of drug-likeness (QED) is 0.510. The Morgan fingerprint density at radius 2 is 2.00 bits per heavy atom. The molecule has 0 heterocycles. The lowest BCUT2D eigenvalue weighted by molar-refractivity contribution is -0.141. The van der Waals surface area contributed by atoms with Crippen molar-refractivity contribution in [1.29, 1.82) is 0 Å². The summed E-state index contributed by atoms with van der Waals surface area (Å²) in [5.74, 6) is -0.802. The Hall–Kier alpha value is -1.30. The van der Waals surface area contributed by atoms with E-state index in [0.717, 1.165) is 19.3 Å². The highest BCUT2D eigenvalue weighted by molar-refractivity contribution is 5.74. The van der Waals surface area contributed by atoms with Crippen LogP contribution in [0.4, 0.5) is 4.79 Å². The molecule has 5 N–H and O–H groups in total. The maximum Gasteiger partial charge on any atom is 0.314 e. The number of nitrogens with one attached hydrogen (secondary N) is 2. The van der Waals surface area contributed by atoms with Gasteiger partial charge in [0.15, 0.2) is 0 Å². The van der Waals surface area contributed by atoms with Gasteiger partial charge in [-0.2, -0.15) is 0 Å². The molecule has 0 aromatic carbocycles. The van der Waals surface area contributed by atoms with Gasteiger partial charge in [-0.3, -0.25) is 4.79 Å². The number of rotatable bonds is 6. The van der Waals surface area contributed by atoms with Gasteiger partial charge in [0.1, 0.15) is 0 Å². The lowest BCUT2D eigenvalue weighted by atomic mass is 9.66. The minimum atomic E-state index is -0.802. The van der Waals surface area contributed by atoms with Crippen LogP contribution in [-0.4, -0.2) is 36.7 Å². The van der Waals surface area contributed by atoms with E-state index >= 15 is 0 Å². The molecule has 1 saturated carbocycles. The first-order valence-corrected chi connectivity index (χ1v) is 5.51. The molecule has 0 aromatic rings. The minimum absolute atomic E-state index is 0.129. The Labute approximate surface area is 94.6 Å². The maximum absolute atomic E-state index is 11.2. The van der Waals surface area contributed by atoms with E-state index in [1.807, 2.05) is 0 Å². The van der Waals surface area contributed by atoms with Crippen LogP contribution in [-0.2, 0) is 4.79 Å². The molecule has 0 aliphatic heterocycles. The van der Waals surface area contributed by atoms with Crippen molar-refractivity contribution < 1.29 is 14.7 Å². The minimum Gasteiger partial charge on any atom is -0.481 e. The molecule has 0 radical (unpaired) electrons. The van der Waals surface area contributed by atoms with E-state index in [9.17, 15) is 9.59 Å². The largest absolute Gasteiger partial charge is 0.481 e. The third-order valence-corrected chi connectivity index (χ3v) is 2.99. The zero-order valence-electron chi connectivity index (χ0n) is 9.29. The van der Waals surface area contributed by atoms with E-state index in [-0.39, 0.29) is 17.9 Å². The van der Waals surface area contributed by atoms with Gasteiger partial charge in [-0.05, 0) is 18.3 Å². The van der Waals surface area contributed by atoms with Crippen molar-refractivity contribution >= 4 is 12.0 Å². The van der Waals surface area contributed by atoms with Crippen molar-refractivity contribution in [3.8, 4) is 0 Å². The number of carboxylic acids is 1. The van der Waals surface area contributed by atoms with Gasteiger partial charge in [0.25, 0.3) is 0 Å². The molecule has 0 unspecified atom stereocenters. The third-order valence-electron chi connectivity index (χ3n) is 2.99. The van der Waals surface area contributed by atoms with Crippen LogP contribution in [0.1, 0.15) is 25.7 Å². The van der Waals surface area contributed by atoms with Crippen molar-refractivity contribution in [3.05, 3.63) is 0 Å². The molecule has 2 amide bonds. The van der Waals surface area contributed by atoms with Crippen LogP contribution in [0.3, 0.4) is 0 Å². The predicted octanol–water partition coefficient (Wildman–Crippen LogP) is -0.111. The van der Waals surface area contributed by atoms with E-state index < -0.39 is 5.97 Å². The average molecular weight is 229 g/mol. The van der Waals surface area contributed by atoms with Gasteiger partial charge in [0.2, 0.25) is 0 Å². The van der Waals surface area contributed by atoms with Crippen molar-refractivity contribution in [2.45, 2.75) is 25.7 Å². The summed E-state index contributed by atoms with van der Waals surface area (Å²) in [5, 5.41) is 14.1. The average Bonchev–Trinajstić information content (AvgIpc) is 2.18. The normalized spacial score (nSPS) is 17.3. The van der Waals surface area contributed by atoms with Gasteiger partial charge in [0.05, 0.1) is 6.42 Å². The number of hydrogen-bond acceptors (Lipinski definition) is 3. The molecule has 16 heavy (non-hydrogen) atoms. The SMILES string of the molecule is NCCNC(=O)NCC1(CC(=O)O)CCC1. The molecule has 0 bridgehead atoms. The number of carbonyl (C=O) groups is 2. The van der Waals surface area contributed by atoms with Crippen LogP contribution < -0.4 is 16.4 Å². The number of amides is 2. The Bertz CT molecular complexity index is 264. The number of carbonyl (C=O) groups excluding carboxylic acids is 1. The summed E-state index contributed by atoms with van der Waals surface area (Å²) in [5.41, 5.74) is 5.01. The highest BCUT2D eigenvalue weighted by Gasteiger charge is 2.39. The summed E-state index contributed by atoms with van der Waals surface area (Å²) in [4.78, 5) is 21.9. The summed E-state index contributed by atoms with van der Waals surface area (Å²) in [7, 11) is 0. The molecule has 0 aromatic heterocycles. The predicted molar refractivity (Wildman–Crippen MR) is 59.0 cm³/mol. The zero-order chi connectivity index (χ0) is 12.0. The van der Waals surface area contributed by atoms with Crippen molar-refractivity contribution in [2.24, 2.45) is 11.1 Å². The molecule has 0 atom stereocenters. The summed E-state index contributed by atoms with van der Waals surface area (Å²) in [6.45, 7) is 1.25. The topological polar surface area (TPSA) is 104 Å². The summed E-state index contributed by atoms with van der Waals surface area (Å²) < 4.78 is 0. The van der Waals surface area contributed by atoms with Crippen LogP contribution in [0.5, 0.6) is 0 Å². The van der Waals surface area contributed by atoms with Crippen LogP contribution in [0.2, 0.25) is 0 Å². The van der Waals surface area contributed by atoms with Gasteiger partial charge in [0, 0.05) is 19.6 Å².